The maximum absolute atomic E-state index is 12.7. The Hall–Kier alpha value is -1.68. The van der Waals surface area contributed by atoms with E-state index in [1.807, 2.05) is 13.8 Å². The van der Waals surface area contributed by atoms with Gasteiger partial charge in [0.15, 0.2) is 0 Å². The van der Waals surface area contributed by atoms with E-state index in [2.05, 4.69) is 5.32 Å². The Labute approximate surface area is 119 Å². The van der Waals surface area contributed by atoms with Crippen molar-refractivity contribution in [1.82, 2.24) is 5.32 Å². The molecular weight excluding hydrogens is 257 g/mol. The Bertz CT molecular complexity index is 464. The van der Waals surface area contributed by atoms with Crippen LogP contribution in [0.25, 0.3) is 6.08 Å². The highest BCUT2D eigenvalue weighted by molar-refractivity contribution is 5.91. The van der Waals surface area contributed by atoms with E-state index in [0.29, 0.717) is 13.0 Å². The second kappa shape index (κ2) is 7.20. The van der Waals surface area contributed by atoms with Crippen LogP contribution in [0.4, 0.5) is 4.39 Å². The van der Waals surface area contributed by atoms with Crippen molar-refractivity contribution in [1.29, 1.82) is 0 Å². The first-order valence-corrected chi connectivity index (χ1v) is 6.68. The van der Waals surface area contributed by atoms with E-state index in [1.54, 1.807) is 25.1 Å². The van der Waals surface area contributed by atoms with Gasteiger partial charge in [-0.3, -0.25) is 4.79 Å². The summed E-state index contributed by atoms with van der Waals surface area (Å²) in [6.45, 7) is 6.20. The molecule has 0 saturated carbocycles. The molecule has 0 aromatic heterocycles. The Kier molecular flexibility index (Phi) is 5.89. The van der Waals surface area contributed by atoms with Crippen LogP contribution >= 0.6 is 0 Å². The van der Waals surface area contributed by atoms with E-state index in [0.717, 1.165) is 5.56 Å². The van der Waals surface area contributed by atoms with Gasteiger partial charge >= 0.3 is 0 Å². The molecule has 4 heteroatoms. The minimum absolute atomic E-state index is 0.159. The summed E-state index contributed by atoms with van der Waals surface area (Å²) in [4.78, 5) is 11.7. The summed E-state index contributed by atoms with van der Waals surface area (Å²) < 4.78 is 12.7. The summed E-state index contributed by atoms with van der Waals surface area (Å²) in [7, 11) is 0. The summed E-state index contributed by atoms with van der Waals surface area (Å²) >= 11 is 0. The monoisotopic (exact) mass is 279 g/mol. The van der Waals surface area contributed by atoms with Crippen LogP contribution in [0.15, 0.2) is 30.3 Å². The number of hydrogen-bond acceptors (Lipinski definition) is 2. The van der Waals surface area contributed by atoms with Gasteiger partial charge in [0.25, 0.3) is 0 Å². The van der Waals surface area contributed by atoms with Crippen LogP contribution < -0.4 is 5.32 Å². The van der Waals surface area contributed by atoms with Gasteiger partial charge in [-0.05, 0) is 42.5 Å². The molecule has 0 aliphatic rings. The number of hydrogen-bond donors (Lipinski definition) is 2. The third-order valence-corrected chi connectivity index (χ3v) is 2.89. The fraction of sp³-hybridized carbons (Fsp3) is 0.438. The first-order chi connectivity index (χ1) is 9.28. The number of aliphatic hydroxyl groups is 1. The predicted octanol–water partition coefficient (Wildman–Crippen LogP) is 2.75. The van der Waals surface area contributed by atoms with Gasteiger partial charge in [-0.2, -0.15) is 0 Å². The van der Waals surface area contributed by atoms with Crippen molar-refractivity contribution in [3.05, 3.63) is 41.7 Å². The summed E-state index contributed by atoms with van der Waals surface area (Å²) in [5.41, 5.74) is 0.609. The van der Waals surface area contributed by atoms with Gasteiger partial charge < -0.3 is 10.4 Å². The average Bonchev–Trinajstić information content (AvgIpc) is 2.34. The molecular formula is C16H22FNO2. The maximum atomic E-state index is 12.7. The smallest absolute Gasteiger partial charge is 0.244 e. The summed E-state index contributed by atoms with van der Waals surface area (Å²) in [5, 5.41) is 12.2. The summed E-state index contributed by atoms with van der Waals surface area (Å²) in [6, 6.07) is 5.92. The van der Waals surface area contributed by atoms with Crippen LogP contribution in [0.2, 0.25) is 0 Å². The van der Waals surface area contributed by atoms with E-state index >= 15 is 0 Å². The summed E-state index contributed by atoms with van der Waals surface area (Å²) in [5.74, 6) is -0.500. The fourth-order valence-corrected chi connectivity index (χ4v) is 2.00. The fourth-order valence-electron chi connectivity index (χ4n) is 2.00. The van der Waals surface area contributed by atoms with E-state index in [4.69, 9.17) is 0 Å². The van der Waals surface area contributed by atoms with Gasteiger partial charge in [-0.15, -0.1) is 0 Å². The van der Waals surface area contributed by atoms with Crippen LogP contribution in [0.1, 0.15) is 32.8 Å². The highest BCUT2D eigenvalue weighted by Gasteiger charge is 2.20. The molecule has 0 heterocycles. The molecule has 1 rings (SSSR count). The van der Waals surface area contributed by atoms with E-state index in [9.17, 15) is 14.3 Å². The van der Waals surface area contributed by atoms with Crippen molar-refractivity contribution in [2.75, 3.05) is 6.54 Å². The lowest BCUT2D eigenvalue weighted by Crippen LogP contribution is -2.34. The quantitative estimate of drug-likeness (QED) is 0.787. The minimum atomic E-state index is -0.392. The highest BCUT2D eigenvalue weighted by atomic mass is 19.1. The molecule has 1 aromatic carbocycles. The molecule has 0 saturated heterocycles. The molecule has 2 N–H and O–H groups in total. The lowest BCUT2D eigenvalue weighted by atomic mass is 9.87. The Morgan fingerprint density at radius 2 is 2.00 bits per heavy atom. The van der Waals surface area contributed by atoms with Crippen molar-refractivity contribution >= 4 is 12.0 Å². The zero-order valence-electron chi connectivity index (χ0n) is 12.2. The molecule has 110 valence electrons. The van der Waals surface area contributed by atoms with Crippen molar-refractivity contribution < 1.29 is 14.3 Å². The van der Waals surface area contributed by atoms with Gasteiger partial charge in [0.05, 0.1) is 6.10 Å². The van der Waals surface area contributed by atoms with Crippen LogP contribution in [0.5, 0.6) is 0 Å². The molecule has 0 radical (unpaired) electrons. The summed E-state index contributed by atoms with van der Waals surface area (Å²) in [6.07, 6.45) is 3.29. The van der Waals surface area contributed by atoms with Crippen LogP contribution in [0.3, 0.4) is 0 Å². The molecule has 0 aliphatic heterocycles. The number of nitrogens with one attached hydrogen (secondary N) is 1. The normalized spacial score (nSPS) is 13.4. The third-order valence-electron chi connectivity index (χ3n) is 2.89. The van der Waals surface area contributed by atoms with Crippen LogP contribution in [-0.4, -0.2) is 23.7 Å². The van der Waals surface area contributed by atoms with E-state index < -0.39 is 6.10 Å². The molecule has 1 amide bonds. The van der Waals surface area contributed by atoms with Gasteiger partial charge in [0.2, 0.25) is 5.91 Å². The largest absolute Gasteiger partial charge is 0.393 e. The number of amides is 1. The van der Waals surface area contributed by atoms with Crippen molar-refractivity contribution in [2.45, 2.75) is 33.3 Å². The van der Waals surface area contributed by atoms with Gasteiger partial charge in [0.1, 0.15) is 5.82 Å². The number of benzene rings is 1. The number of halogens is 1. The number of rotatable bonds is 6. The predicted molar refractivity (Wildman–Crippen MR) is 78.5 cm³/mol. The molecule has 1 aromatic rings. The zero-order valence-corrected chi connectivity index (χ0v) is 12.2. The first-order valence-electron chi connectivity index (χ1n) is 6.68. The average molecular weight is 279 g/mol. The zero-order chi connectivity index (χ0) is 15.2. The Balaban J connectivity index is 2.45. The molecule has 3 nitrogen and oxygen atoms in total. The maximum Gasteiger partial charge on any atom is 0.244 e. The standard InChI is InChI=1S/C16H22FNO2/c1-12(19)10-16(2,3)11-18-15(20)9-6-13-4-7-14(17)8-5-13/h4-9,12,19H,10-11H2,1-3H3,(H,18,20). The van der Waals surface area contributed by atoms with Crippen molar-refractivity contribution in [3.8, 4) is 0 Å². The lowest BCUT2D eigenvalue weighted by Gasteiger charge is -2.26. The van der Waals surface area contributed by atoms with E-state index in [1.165, 1.54) is 18.2 Å². The van der Waals surface area contributed by atoms with E-state index in [-0.39, 0.29) is 17.1 Å². The van der Waals surface area contributed by atoms with Crippen molar-refractivity contribution in [3.63, 3.8) is 0 Å². The number of carbonyl (C=O) groups is 1. The Morgan fingerprint density at radius 1 is 1.40 bits per heavy atom. The molecule has 1 unspecified atom stereocenters. The highest BCUT2D eigenvalue weighted by Crippen LogP contribution is 2.20. The van der Waals surface area contributed by atoms with Crippen LogP contribution in [-0.2, 0) is 4.79 Å². The molecule has 0 aliphatic carbocycles. The molecule has 0 bridgehead atoms. The SMILES string of the molecule is CC(O)CC(C)(C)CNC(=O)C=Cc1ccc(F)cc1. The van der Waals surface area contributed by atoms with Crippen molar-refractivity contribution in [2.24, 2.45) is 5.41 Å². The second-order valence-electron chi connectivity index (χ2n) is 5.82. The van der Waals surface area contributed by atoms with Gasteiger partial charge in [-0.25, -0.2) is 4.39 Å². The van der Waals surface area contributed by atoms with Crippen LogP contribution in [0, 0.1) is 11.2 Å². The van der Waals surface area contributed by atoms with Gasteiger partial charge in [0, 0.05) is 12.6 Å². The molecule has 20 heavy (non-hydrogen) atoms. The topological polar surface area (TPSA) is 49.3 Å². The van der Waals surface area contributed by atoms with Gasteiger partial charge in [-0.1, -0.05) is 26.0 Å². The minimum Gasteiger partial charge on any atom is -0.393 e. The molecule has 0 spiro atoms. The molecule has 1 atom stereocenters. The first kappa shape index (κ1) is 16.4. The Morgan fingerprint density at radius 3 is 2.55 bits per heavy atom. The number of aliphatic hydroxyl groups excluding tert-OH is 1. The number of carbonyl (C=O) groups excluding carboxylic acids is 1. The lowest BCUT2D eigenvalue weighted by molar-refractivity contribution is -0.117. The molecule has 0 fully saturated rings. The third kappa shape index (κ3) is 6.48. The second-order valence-corrected chi connectivity index (χ2v) is 5.82.